The number of rotatable bonds is 6. The SMILES string of the molecule is CC(C)CN(CC(N)=O)Cc1cccc(Br)c1. The highest BCUT2D eigenvalue weighted by atomic mass is 79.9. The van der Waals surface area contributed by atoms with Crippen molar-refractivity contribution in [3.05, 3.63) is 34.3 Å². The molecule has 2 N–H and O–H groups in total. The van der Waals surface area contributed by atoms with E-state index in [-0.39, 0.29) is 5.91 Å². The summed E-state index contributed by atoms with van der Waals surface area (Å²) in [6.45, 7) is 6.20. The molecule has 4 heteroatoms. The van der Waals surface area contributed by atoms with Crippen molar-refractivity contribution in [2.75, 3.05) is 13.1 Å². The zero-order chi connectivity index (χ0) is 12.8. The average molecular weight is 299 g/mol. The molecule has 0 fully saturated rings. The van der Waals surface area contributed by atoms with Gasteiger partial charge >= 0.3 is 0 Å². The number of carbonyl (C=O) groups excluding carboxylic acids is 1. The number of benzene rings is 1. The zero-order valence-electron chi connectivity index (χ0n) is 10.3. The van der Waals surface area contributed by atoms with E-state index in [0.717, 1.165) is 17.6 Å². The van der Waals surface area contributed by atoms with Crippen LogP contribution in [0.2, 0.25) is 0 Å². The third-order valence-electron chi connectivity index (χ3n) is 2.30. The predicted octanol–water partition coefficient (Wildman–Crippen LogP) is 2.39. The van der Waals surface area contributed by atoms with Gasteiger partial charge in [0.1, 0.15) is 0 Å². The number of amides is 1. The topological polar surface area (TPSA) is 46.3 Å². The Morgan fingerprint density at radius 2 is 2.18 bits per heavy atom. The molecule has 1 rings (SSSR count). The summed E-state index contributed by atoms with van der Waals surface area (Å²) in [5.74, 6) is 0.238. The smallest absolute Gasteiger partial charge is 0.231 e. The molecule has 0 radical (unpaired) electrons. The van der Waals surface area contributed by atoms with Crippen LogP contribution in [0.15, 0.2) is 28.7 Å². The fraction of sp³-hybridized carbons (Fsp3) is 0.462. The molecule has 0 bridgehead atoms. The Morgan fingerprint density at radius 1 is 1.47 bits per heavy atom. The summed E-state index contributed by atoms with van der Waals surface area (Å²) in [6, 6.07) is 8.11. The van der Waals surface area contributed by atoms with Crippen LogP contribution in [0.25, 0.3) is 0 Å². The number of nitrogens with zero attached hydrogens (tertiary/aromatic N) is 1. The van der Waals surface area contributed by atoms with Crippen LogP contribution in [0.4, 0.5) is 0 Å². The summed E-state index contributed by atoms with van der Waals surface area (Å²) in [6.07, 6.45) is 0. The molecule has 0 aliphatic heterocycles. The van der Waals surface area contributed by atoms with Gasteiger partial charge in [-0.3, -0.25) is 9.69 Å². The highest BCUT2D eigenvalue weighted by molar-refractivity contribution is 9.10. The van der Waals surface area contributed by atoms with Gasteiger partial charge in [0.05, 0.1) is 6.54 Å². The first-order valence-electron chi connectivity index (χ1n) is 5.72. The van der Waals surface area contributed by atoms with E-state index in [2.05, 4.69) is 46.8 Å². The van der Waals surface area contributed by atoms with E-state index in [4.69, 9.17) is 5.73 Å². The molecule has 0 heterocycles. The van der Waals surface area contributed by atoms with Gasteiger partial charge in [0.25, 0.3) is 0 Å². The predicted molar refractivity (Wildman–Crippen MR) is 73.5 cm³/mol. The molecule has 0 aliphatic carbocycles. The molecule has 1 aromatic rings. The van der Waals surface area contributed by atoms with Gasteiger partial charge in [-0.25, -0.2) is 0 Å². The van der Waals surface area contributed by atoms with Crippen LogP contribution < -0.4 is 5.73 Å². The van der Waals surface area contributed by atoms with E-state index in [0.29, 0.717) is 12.5 Å². The molecule has 0 aliphatic rings. The third-order valence-corrected chi connectivity index (χ3v) is 2.79. The number of hydrogen-bond donors (Lipinski definition) is 1. The fourth-order valence-corrected chi connectivity index (χ4v) is 2.26. The molecule has 0 saturated heterocycles. The van der Waals surface area contributed by atoms with Gasteiger partial charge in [0.2, 0.25) is 5.91 Å². The quantitative estimate of drug-likeness (QED) is 0.876. The summed E-state index contributed by atoms with van der Waals surface area (Å²) in [5.41, 5.74) is 6.44. The summed E-state index contributed by atoms with van der Waals surface area (Å²) >= 11 is 3.44. The zero-order valence-corrected chi connectivity index (χ0v) is 11.9. The number of hydrogen-bond acceptors (Lipinski definition) is 2. The Hall–Kier alpha value is -0.870. The Bertz CT molecular complexity index is 379. The Labute approximate surface area is 111 Å². The van der Waals surface area contributed by atoms with Crippen LogP contribution in [0.1, 0.15) is 19.4 Å². The van der Waals surface area contributed by atoms with Crippen molar-refractivity contribution in [1.29, 1.82) is 0 Å². The van der Waals surface area contributed by atoms with Gasteiger partial charge < -0.3 is 5.73 Å². The van der Waals surface area contributed by atoms with Gasteiger partial charge in [-0.15, -0.1) is 0 Å². The molecular weight excluding hydrogens is 280 g/mol. The molecule has 1 amide bonds. The van der Waals surface area contributed by atoms with E-state index in [1.807, 2.05) is 12.1 Å². The maximum atomic E-state index is 11.0. The highest BCUT2D eigenvalue weighted by Gasteiger charge is 2.10. The van der Waals surface area contributed by atoms with Crippen molar-refractivity contribution in [2.45, 2.75) is 20.4 Å². The summed E-state index contributed by atoms with van der Waals surface area (Å²) in [5, 5.41) is 0. The molecule has 0 aromatic heterocycles. The highest BCUT2D eigenvalue weighted by Crippen LogP contribution is 2.14. The van der Waals surface area contributed by atoms with E-state index in [1.165, 1.54) is 5.56 Å². The van der Waals surface area contributed by atoms with Gasteiger partial charge in [-0.05, 0) is 23.6 Å². The van der Waals surface area contributed by atoms with Crippen molar-refractivity contribution in [3.63, 3.8) is 0 Å². The Kier molecular flexibility index (Phi) is 5.65. The van der Waals surface area contributed by atoms with Crippen LogP contribution in [0.5, 0.6) is 0 Å². The van der Waals surface area contributed by atoms with E-state index in [1.54, 1.807) is 0 Å². The molecule has 0 unspecified atom stereocenters. The minimum Gasteiger partial charge on any atom is -0.369 e. The van der Waals surface area contributed by atoms with Crippen LogP contribution in [0, 0.1) is 5.92 Å². The monoisotopic (exact) mass is 298 g/mol. The lowest BCUT2D eigenvalue weighted by Crippen LogP contribution is -2.35. The van der Waals surface area contributed by atoms with Gasteiger partial charge in [-0.1, -0.05) is 41.9 Å². The van der Waals surface area contributed by atoms with Crippen LogP contribution in [0.3, 0.4) is 0 Å². The molecule has 0 atom stereocenters. The Balaban J connectivity index is 2.67. The lowest BCUT2D eigenvalue weighted by molar-refractivity contribution is -0.119. The first-order chi connectivity index (χ1) is 7.97. The van der Waals surface area contributed by atoms with Crippen LogP contribution in [-0.4, -0.2) is 23.9 Å². The van der Waals surface area contributed by atoms with Gasteiger partial charge in [0.15, 0.2) is 0 Å². The second-order valence-electron chi connectivity index (χ2n) is 4.66. The number of nitrogens with two attached hydrogens (primary N) is 1. The number of carbonyl (C=O) groups is 1. The fourth-order valence-electron chi connectivity index (χ4n) is 1.82. The first-order valence-corrected chi connectivity index (χ1v) is 6.51. The molecule has 3 nitrogen and oxygen atoms in total. The summed E-state index contributed by atoms with van der Waals surface area (Å²) in [4.78, 5) is 13.1. The molecular formula is C13H19BrN2O. The minimum atomic E-state index is -0.277. The average Bonchev–Trinajstić information content (AvgIpc) is 2.14. The summed E-state index contributed by atoms with van der Waals surface area (Å²) < 4.78 is 1.05. The maximum absolute atomic E-state index is 11.0. The molecule has 0 spiro atoms. The summed E-state index contributed by atoms with van der Waals surface area (Å²) in [7, 11) is 0. The van der Waals surface area contributed by atoms with Crippen molar-refractivity contribution in [1.82, 2.24) is 4.90 Å². The second kappa shape index (κ2) is 6.77. The van der Waals surface area contributed by atoms with E-state index in [9.17, 15) is 4.79 Å². The molecule has 0 saturated carbocycles. The van der Waals surface area contributed by atoms with E-state index < -0.39 is 0 Å². The van der Waals surface area contributed by atoms with Crippen LogP contribution in [-0.2, 0) is 11.3 Å². The van der Waals surface area contributed by atoms with Gasteiger partial charge in [0, 0.05) is 17.6 Å². The second-order valence-corrected chi connectivity index (χ2v) is 5.58. The number of primary amides is 1. The first kappa shape index (κ1) is 14.2. The maximum Gasteiger partial charge on any atom is 0.231 e. The number of halogens is 1. The molecule has 17 heavy (non-hydrogen) atoms. The van der Waals surface area contributed by atoms with Gasteiger partial charge in [-0.2, -0.15) is 0 Å². The van der Waals surface area contributed by atoms with Crippen molar-refractivity contribution in [3.8, 4) is 0 Å². The lowest BCUT2D eigenvalue weighted by atomic mass is 10.1. The molecule has 1 aromatic carbocycles. The largest absolute Gasteiger partial charge is 0.369 e. The lowest BCUT2D eigenvalue weighted by Gasteiger charge is -2.22. The normalized spacial score (nSPS) is 11.1. The third kappa shape index (κ3) is 5.84. The van der Waals surface area contributed by atoms with Crippen LogP contribution >= 0.6 is 15.9 Å². The standard InChI is InChI=1S/C13H19BrN2O/c1-10(2)7-16(9-13(15)17)8-11-4-3-5-12(14)6-11/h3-6,10H,7-9H2,1-2H3,(H2,15,17). The minimum absolute atomic E-state index is 0.277. The van der Waals surface area contributed by atoms with E-state index >= 15 is 0 Å². The van der Waals surface area contributed by atoms with Crippen molar-refractivity contribution >= 4 is 21.8 Å². The molecule has 94 valence electrons. The van der Waals surface area contributed by atoms with Crippen molar-refractivity contribution in [2.24, 2.45) is 11.7 Å². The Morgan fingerprint density at radius 3 is 2.71 bits per heavy atom. The van der Waals surface area contributed by atoms with Crippen molar-refractivity contribution < 1.29 is 4.79 Å².